The summed E-state index contributed by atoms with van der Waals surface area (Å²) in [5, 5.41) is 12.1. The van der Waals surface area contributed by atoms with Crippen molar-refractivity contribution >= 4 is 43.5 Å². The van der Waals surface area contributed by atoms with Crippen molar-refractivity contribution < 1.29 is 17.6 Å². The van der Waals surface area contributed by atoms with E-state index in [-0.39, 0.29) is 29.4 Å². The molecule has 1 aliphatic rings. The van der Waals surface area contributed by atoms with Crippen LogP contribution in [0.5, 0.6) is 0 Å². The Hall–Kier alpha value is -2.57. The number of sulfonamides is 1. The van der Waals surface area contributed by atoms with Gasteiger partial charge >= 0.3 is 5.76 Å². The number of aromatic nitrogens is 3. The van der Waals surface area contributed by atoms with Crippen LogP contribution in [0, 0.1) is 0 Å². The molecule has 4 rings (SSSR count). The number of benzene rings is 1. The van der Waals surface area contributed by atoms with Crippen molar-refractivity contribution in [1.82, 2.24) is 19.1 Å². The predicted molar refractivity (Wildman–Crippen MR) is 125 cm³/mol. The van der Waals surface area contributed by atoms with Crippen molar-refractivity contribution in [2.45, 2.75) is 63.3 Å². The van der Waals surface area contributed by atoms with E-state index >= 15 is 0 Å². The van der Waals surface area contributed by atoms with Crippen LogP contribution < -0.4 is 11.1 Å². The van der Waals surface area contributed by atoms with Gasteiger partial charge in [0.15, 0.2) is 5.58 Å². The highest BCUT2D eigenvalue weighted by Crippen LogP contribution is 2.24. The third kappa shape index (κ3) is 5.33. The lowest BCUT2D eigenvalue weighted by Gasteiger charge is -2.15. The Morgan fingerprint density at radius 3 is 2.76 bits per heavy atom. The number of oxazole rings is 1. The van der Waals surface area contributed by atoms with E-state index in [1.165, 1.54) is 32.3 Å². The second kappa shape index (κ2) is 10.1. The minimum atomic E-state index is -3.61. The van der Waals surface area contributed by atoms with Crippen molar-refractivity contribution in [3.05, 3.63) is 33.8 Å². The number of anilines is 1. The van der Waals surface area contributed by atoms with Crippen LogP contribution in [-0.4, -0.2) is 46.5 Å². The van der Waals surface area contributed by atoms with E-state index in [2.05, 4.69) is 22.4 Å². The smallest absolute Gasteiger partial charge is 0.408 e. The molecule has 1 saturated heterocycles. The first-order valence-electron chi connectivity index (χ1n) is 11.1. The molecular weight excluding hydrogens is 466 g/mol. The molecule has 3 aromatic rings. The maximum Gasteiger partial charge on any atom is 0.419 e. The van der Waals surface area contributed by atoms with E-state index in [1.54, 1.807) is 6.07 Å². The van der Waals surface area contributed by atoms with Crippen LogP contribution >= 0.6 is 11.3 Å². The standard InChI is InChI=1S/C21H27N5O5S2/c1-2-3-4-7-19-23-24-20(32-19)22-18(27)10-13-26-16-9-8-15(14-17(16)31-21(26)28)33(29,30)25-11-5-6-12-25/h8-9,14H,2-7,10-13H2,1H3,(H,22,24,27). The molecule has 12 heteroatoms. The lowest BCUT2D eigenvalue weighted by molar-refractivity contribution is -0.116. The van der Waals surface area contributed by atoms with Gasteiger partial charge in [0.1, 0.15) is 5.01 Å². The van der Waals surface area contributed by atoms with E-state index in [0.29, 0.717) is 23.7 Å². The van der Waals surface area contributed by atoms with Gasteiger partial charge in [-0.25, -0.2) is 13.2 Å². The molecule has 1 N–H and O–H groups in total. The first-order valence-corrected chi connectivity index (χ1v) is 13.4. The molecule has 10 nitrogen and oxygen atoms in total. The number of aryl methyl sites for hydroxylation is 2. The molecule has 0 spiro atoms. The van der Waals surface area contributed by atoms with Crippen molar-refractivity contribution in [3.8, 4) is 0 Å². The maximum atomic E-state index is 12.8. The molecular formula is C21H27N5O5S2. The van der Waals surface area contributed by atoms with Gasteiger partial charge in [-0.15, -0.1) is 10.2 Å². The van der Waals surface area contributed by atoms with Gasteiger partial charge in [-0.05, 0) is 31.4 Å². The highest BCUT2D eigenvalue weighted by molar-refractivity contribution is 7.89. The lowest BCUT2D eigenvalue weighted by Crippen LogP contribution is -2.27. The number of nitrogens with zero attached hydrogens (tertiary/aromatic N) is 4. The number of amides is 1. The molecule has 0 unspecified atom stereocenters. The van der Waals surface area contributed by atoms with Crippen molar-refractivity contribution in [2.75, 3.05) is 18.4 Å². The largest absolute Gasteiger partial charge is 0.419 e. The van der Waals surface area contributed by atoms with E-state index in [0.717, 1.165) is 43.5 Å². The monoisotopic (exact) mass is 493 g/mol. The fourth-order valence-electron chi connectivity index (χ4n) is 3.82. The van der Waals surface area contributed by atoms with Crippen LogP contribution in [0.3, 0.4) is 0 Å². The summed E-state index contributed by atoms with van der Waals surface area (Å²) in [6.45, 7) is 3.22. The highest BCUT2D eigenvalue weighted by atomic mass is 32.2. The first kappa shape index (κ1) is 23.6. The zero-order valence-electron chi connectivity index (χ0n) is 18.4. The molecule has 0 bridgehead atoms. The first-order chi connectivity index (χ1) is 15.9. The van der Waals surface area contributed by atoms with E-state index in [4.69, 9.17) is 4.42 Å². The normalized spacial score (nSPS) is 14.8. The van der Waals surface area contributed by atoms with Gasteiger partial charge < -0.3 is 9.73 Å². The van der Waals surface area contributed by atoms with Crippen molar-refractivity contribution in [1.29, 1.82) is 0 Å². The Balaban J connectivity index is 1.41. The number of nitrogens with one attached hydrogen (secondary N) is 1. The van der Waals surface area contributed by atoms with Crippen LogP contribution in [0.1, 0.15) is 50.5 Å². The molecule has 1 aromatic carbocycles. The Morgan fingerprint density at radius 2 is 2.00 bits per heavy atom. The predicted octanol–water partition coefficient (Wildman–Crippen LogP) is 2.99. The molecule has 1 fully saturated rings. The van der Waals surface area contributed by atoms with Gasteiger partial charge in [-0.1, -0.05) is 31.1 Å². The summed E-state index contributed by atoms with van der Waals surface area (Å²) in [5.41, 5.74) is 0.629. The molecule has 0 saturated carbocycles. The molecule has 0 radical (unpaired) electrons. The molecule has 1 amide bonds. The zero-order chi connectivity index (χ0) is 23.4. The molecule has 0 atom stereocenters. The molecule has 33 heavy (non-hydrogen) atoms. The SMILES string of the molecule is CCCCCc1nnc(NC(=O)CCn2c(=O)oc3cc(S(=O)(=O)N4CCCC4)ccc32)s1. The van der Waals surface area contributed by atoms with Crippen molar-refractivity contribution in [2.24, 2.45) is 0 Å². The highest BCUT2D eigenvalue weighted by Gasteiger charge is 2.28. The summed E-state index contributed by atoms with van der Waals surface area (Å²) in [6, 6.07) is 4.40. The molecule has 1 aliphatic heterocycles. The minimum absolute atomic E-state index is 0.0348. The lowest BCUT2D eigenvalue weighted by atomic mass is 10.2. The summed E-state index contributed by atoms with van der Waals surface area (Å²) >= 11 is 1.35. The quantitative estimate of drug-likeness (QED) is 0.430. The summed E-state index contributed by atoms with van der Waals surface area (Å²) in [5.74, 6) is -0.927. The van der Waals surface area contributed by atoms with Gasteiger partial charge in [0.25, 0.3) is 0 Å². The fraction of sp³-hybridized carbons (Fsp3) is 0.524. The van der Waals surface area contributed by atoms with Gasteiger partial charge in [-0.2, -0.15) is 4.31 Å². The van der Waals surface area contributed by atoms with Crippen LogP contribution in [0.2, 0.25) is 0 Å². The Labute approximate surface area is 195 Å². The molecule has 3 heterocycles. The number of hydrogen-bond acceptors (Lipinski definition) is 8. The molecule has 0 aliphatic carbocycles. The number of fused-ring (bicyclic) bond motifs is 1. The van der Waals surface area contributed by atoms with Crippen LogP contribution in [0.15, 0.2) is 32.3 Å². The van der Waals surface area contributed by atoms with E-state index in [9.17, 15) is 18.0 Å². The summed E-state index contributed by atoms with van der Waals surface area (Å²) in [6.07, 6.45) is 5.84. The maximum absolute atomic E-state index is 12.8. The summed E-state index contributed by atoms with van der Waals surface area (Å²) in [7, 11) is -3.61. The zero-order valence-corrected chi connectivity index (χ0v) is 20.1. The Bertz CT molecular complexity index is 1290. The van der Waals surface area contributed by atoms with E-state index < -0.39 is 15.8 Å². The topological polar surface area (TPSA) is 127 Å². The number of hydrogen-bond donors (Lipinski definition) is 1. The number of rotatable bonds is 10. The van der Waals surface area contributed by atoms with Crippen LogP contribution in [0.4, 0.5) is 5.13 Å². The van der Waals surface area contributed by atoms with Gasteiger partial charge in [-0.3, -0.25) is 9.36 Å². The number of carbonyl (C=O) groups excluding carboxylic acids is 1. The fourth-order valence-corrected chi connectivity index (χ4v) is 6.15. The van der Waals surface area contributed by atoms with Crippen LogP contribution in [-0.2, 0) is 27.8 Å². The van der Waals surface area contributed by atoms with Crippen molar-refractivity contribution in [3.63, 3.8) is 0 Å². The third-order valence-corrected chi connectivity index (χ3v) is 8.41. The van der Waals surface area contributed by atoms with Crippen LogP contribution in [0.25, 0.3) is 11.1 Å². The number of carbonyl (C=O) groups is 1. The second-order valence-corrected chi connectivity index (χ2v) is 11.0. The third-order valence-electron chi connectivity index (χ3n) is 5.61. The summed E-state index contributed by atoms with van der Waals surface area (Å²) < 4.78 is 33.6. The summed E-state index contributed by atoms with van der Waals surface area (Å²) in [4.78, 5) is 24.8. The van der Waals surface area contributed by atoms with Gasteiger partial charge in [0, 0.05) is 38.5 Å². The Morgan fingerprint density at radius 1 is 1.21 bits per heavy atom. The average molecular weight is 494 g/mol. The van der Waals surface area contributed by atoms with Gasteiger partial charge in [0.05, 0.1) is 10.4 Å². The van der Waals surface area contributed by atoms with E-state index in [1.807, 2.05) is 0 Å². The Kier molecular flexibility index (Phi) is 7.25. The average Bonchev–Trinajstić information content (AvgIpc) is 3.52. The van der Waals surface area contributed by atoms with Gasteiger partial charge in [0.2, 0.25) is 21.1 Å². The minimum Gasteiger partial charge on any atom is -0.408 e. The molecule has 2 aromatic heterocycles. The molecule has 178 valence electrons. The second-order valence-electron chi connectivity index (χ2n) is 8.02. The number of unbranched alkanes of at least 4 members (excludes halogenated alkanes) is 2.